The van der Waals surface area contributed by atoms with Crippen molar-refractivity contribution in [2.45, 2.75) is 18.9 Å². The Balaban J connectivity index is 1.32. The molecule has 0 radical (unpaired) electrons. The van der Waals surface area contributed by atoms with Gasteiger partial charge < -0.3 is 15.1 Å². The van der Waals surface area contributed by atoms with Crippen LogP contribution in [0.4, 0.5) is 19.3 Å². The Hall–Kier alpha value is -3.23. The van der Waals surface area contributed by atoms with Gasteiger partial charge in [-0.25, -0.2) is 13.6 Å². The van der Waals surface area contributed by atoms with Gasteiger partial charge in [0, 0.05) is 42.8 Å². The number of nitrogens with one attached hydrogen (secondary N) is 1. The number of pyridine rings is 1. The van der Waals surface area contributed by atoms with Crippen molar-refractivity contribution < 1.29 is 18.4 Å². The molecule has 35 heavy (non-hydrogen) atoms. The number of hydrogen-bond donors (Lipinski definition) is 1. The second kappa shape index (κ2) is 10.6. The van der Waals surface area contributed by atoms with E-state index in [2.05, 4.69) is 10.3 Å². The molecule has 0 bridgehead atoms. The molecule has 1 aromatic heterocycles. The fraction of sp³-hybridized carbons (Fsp3) is 0.240. The van der Waals surface area contributed by atoms with Crippen LogP contribution in [0.2, 0.25) is 10.0 Å². The molecular weight excluding hydrogens is 497 g/mol. The number of amides is 3. The lowest BCUT2D eigenvalue weighted by molar-refractivity contribution is 0.0671. The molecule has 0 unspecified atom stereocenters. The molecule has 2 heterocycles. The van der Waals surface area contributed by atoms with Crippen LogP contribution in [-0.2, 0) is 0 Å². The van der Waals surface area contributed by atoms with Crippen LogP contribution in [0.3, 0.4) is 0 Å². The average molecular weight is 519 g/mol. The Morgan fingerprint density at radius 2 is 1.71 bits per heavy atom. The molecule has 3 aromatic rings. The van der Waals surface area contributed by atoms with E-state index in [1.54, 1.807) is 47.2 Å². The topological polar surface area (TPSA) is 65.5 Å². The van der Waals surface area contributed by atoms with Crippen LogP contribution in [0.1, 0.15) is 23.2 Å². The summed E-state index contributed by atoms with van der Waals surface area (Å²) in [6, 6.07) is 10.8. The van der Waals surface area contributed by atoms with Crippen LogP contribution in [0, 0.1) is 11.6 Å². The van der Waals surface area contributed by atoms with Gasteiger partial charge in [-0.1, -0.05) is 23.2 Å². The molecule has 1 saturated heterocycles. The summed E-state index contributed by atoms with van der Waals surface area (Å²) in [5.74, 6) is -1.55. The lowest BCUT2D eigenvalue weighted by Crippen LogP contribution is -2.48. The number of aromatic nitrogens is 1. The third-order valence-corrected chi connectivity index (χ3v) is 6.50. The van der Waals surface area contributed by atoms with Gasteiger partial charge in [0.05, 0.1) is 28.2 Å². The first-order valence-corrected chi connectivity index (χ1v) is 11.7. The van der Waals surface area contributed by atoms with E-state index in [0.29, 0.717) is 58.5 Å². The predicted molar refractivity (Wildman–Crippen MR) is 132 cm³/mol. The molecule has 1 aliphatic heterocycles. The summed E-state index contributed by atoms with van der Waals surface area (Å²) in [6.07, 6.45) is 2.66. The van der Waals surface area contributed by atoms with Gasteiger partial charge in [0.15, 0.2) is 0 Å². The first kappa shape index (κ1) is 24.9. The number of rotatable bonds is 4. The van der Waals surface area contributed by atoms with Crippen molar-refractivity contribution in [2.75, 3.05) is 25.5 Å². The fourth-order valence-corrected chi connectivity index (χ4v) is 4.50. The summed E-state index contributed by atoms with van der Waals surface area (Å²) in [5, 5.41) is 3.55. The quantitative estimate of drug-likeness (QED) is 0.453. The van der Waals surface area contributed by atoms with E-state index < -0.39 is 11.6 Å². The van der Waals surface area contributed by atoms with E-state index in [0.717, 1.165) is 6.07 Å². The maximum absolute atomic E-state index is 13.5. The normalized spacial score (nSPS) is 14.0. The highest BCUT2D eigenvalue weighted by atomic mass is 35.5. The Labute approximate surface area is 211 Å². The summed E-state index contributed by atoms with van der Waals surface area (Å²) in [4.78, 5) is 33.1. The van der Waals surface area contributed by atoms with E-state index in [4.69, 9.17) is 23.2 Å². The smallest absolute Gasteiger partial charge is 0.321 e. The Morgan fingerprint density at radius 3 is 2.31 bits per heavy atom. The number of hydrogen-bond acceptors (Lipinski definition) is 3. The zero-order valence-electron chi connectivity index (χ0n) is 18.8. The number of benzene rings is 2. The standard InChI is InChI=1S/C25H22Cl2F2N4O2/c1-32(20-6-8-33(9-7-20)24(34)21-4-2-16(26)12-22(21)27)25(35)31-19-3-5-23(30-14-19)15-10-17(28)13-18(29)11-15/h2-5,10-14,20H,6-9H2,1H3,(H,31,35). The molecule has 1 N–H and O–H groups in total. The molecule has 4 rings (SSSR count). The lowest BCUT2D eigenvalue weighted by Gasteiger charge is -2.36. The molecule has 0 spiro atoms. The number of carbonyl (C=O) groups is 2. The summed E-state index contributed by atoms with van der Waals surface area (Å²) < 4.78 is 26.9. The molecule has 1 fully saturated rings. The minimum absolute atomic E-state index is 0.0535. The molecule has 0 atom stereocenters. The van der Waals surface area contributed by atoms with Gasteiger partial charge in [-0.3, -0.25) is 9.78 Å². The van der Waals surface area contributed by atoms with Crippen molar-refractivity contribution in [3.05, 3.63) is 82.0 Å². The van der Waals surface area contributed by atoms with Gasteiger partial charge in [-0.2, -0.15) is 0 Å². The maximum atomic E-state index is 13.5. The third-order valence-electron chi connectivity index (χ3n) is 5.95. The molecule has 6 nitrogen and oxygen atoms in total. The zero-order chi connectivity index (χ0) is 25.1. The molecule has 0 aliphatic carbocycles. The molecule has 2 aromatic carbocycles. The van der Waals surface area contributed by atoms with Crippen molar-refractivity contribution in [2.24, 2.45) is 0 Å². The molecule has 1 aliphatic rings. The van der Waals surface area contributed by atoms with Gasteiger partial charge in [-0.05, 0) is 55.3 Å². The van der Waals surface area contributed by atoms with Crippen LogP contribution >= 0.6 is 23.2 Å². The SMILES string of the molecule is CN(C(=O)Nc1ccc(-c2cc(F)cc(F)c2)nc1)C1CCN(C(=O)c2ccc(Cl)cc2Cl)CC1. The predicted octanol–water partition coefficient (Wildman–Crippen LogP) is 6.10. The highest BCUT2D eigenvalue weighted by Crippen LogP contribution is 2.25. The van der Waals surface area contributed by atoms with Crippen molar-refractivity contribution in [1.82, 2.24) is 14.8 Å². The van der Waals surface area contributed by atoms with Gasteiger partial charge >= 0.3 is 6.03 Å². The summed E-state index contributed by atoms with van der Waals surface area (Å²) in [7, 11) is 1.70. The van der Waals surface area contributed by atoms with Crippen molar-refractivity contribution >= 4 is 40.8 Å². The largest absolute Gasteiger partial charge is 0.338 e. The molecule has 0 saturated carbocycles. The van der Waals surface area contributed by atoms with Crippen LogP contribution in [-0.4, -0.2) is 52.9 Å². The van der Waals surface area contributed by atoms with Gasteiger partial charge in [0.1, 0.15) is 11.6 Å². The Bertz CT molecular complexity index is 1230. The number of likely N-dealkylation sites (tertiary alicyclic amines) is 1. The summed E-state index contributed by atoms with van der Waals surface area (Å²) in [5.41, 5.74) is 1.54. The van der Waals surface area contributed by atoms with E-state index in [1.807, 2.05) is 0 Å². The summed E-state index contributed by atoms with van der Waals surface area (Å²) in [6.45, 7) is 0.973. The first-order chi connectivity index (χ1) is 16.7. The highest BCUT2D eigenvalue weighted by molar-refractivity contribution is 6.36. The van der Waals surface area contributed by atoms with E-state index in [-0.39, 0.29) is 18.0 Å². The second-order valence-electron chi connectivity index (χ2n) is 8.28. The molecule has 182 valence electrons. The zero-order valence-corrected chi connectivity index (χ0v) is 20.3. The van der Waals surface area contributed by atoms with E-state index in [1.165, 1.54) is 18.3 Å². The lowest BCUT2D eigenvalue weighted by atomic mass is 10.0. The Morgan fingerprint density at radius 1 is 1.03 bits per heavy atom. The van der Waals surface area contributed by atoms with Crippen LogP contribution in [0.5, 0.6) is 0 Å². The monoisotopic (exact) mass is 518 g/mol. The first-order valence-electron chi connectivity index (χ1n) is 10.9. The van der Waals surface area contributed by atoms with Crippen LogP contribution < -0.4 is 5.32 Å². The van der Waals surface area contributed by atoms with Gasteiger partial charge in [0.2, 0.25) is 0 Å². The average Bonchev–Trinajstić information content (AvgIpc) is 2.83. The minimum atomic E-state index is -0.690. The van der Waals surface area contributed by atoms with Crippen LogP contribution in [0.25, 0.3) is 11.3 Å². The number of carbonyl (C=O) groups excluding carboxylic acids is 2. The van der Waals surface area contributed by atoms with E-state index in [9.17, 15) is 18.4 Å². The van der Waals surface area contributed by atoms with Gasteiger partial charge in [-0.15, -0.1) is 0 Å². The summed E-state index contributed by atoms with van der Waals surface area (Å²) >= 11 is 12.1. The fourth-order valence-electron chi connectivity index (χ4n) is 4.01. The molecule has 3 amide bonds. The third kappa shape index (κ3) is 5.89. The van der Waals surface area contributed by atoms with Crippen molar-refractivity contribution in [1.29, 1.82) is 0 Å². The molecule has 10 heteroatoms. The molecular formula is C25H22Cl2F2N4O2. The highest BCUT2D eigenvalue weighted by Gasteiger charge is 2.29. The number of anilines is 1. The number of nitrogens with zero attached hydrogens (tertiary/aromatic N) is 3. The number of urea groups is 1. The maximum Gasteiger partial charge on any atom is 0.321 e. The number of piperidine rings is 1. The number of halogens is 4. The van der Waals surface area contributed by atoms with Crippen molar-refractivity contribution in [3.63, 3.8) is 0 Å². The van der Waals surface area contributed by atoms with Gasteiger partial charge in [0.25, 0.3) is 5.91 Å². The second-order valence-corrected chi connectivity index (χ2v) is 9.12. The van der Waals surface area contributed by atoms with Crippen molar-refractivity contribution in [3.8, 4) is 11.3 Å². The van der Waals surface area contributed by atoms with Crippen LogP contribution in [0.15, 0.2) is 54.7 Å². The Kier molecular flexibility index (Phi) is 7.52. The van der Waals surface area contributed by atoms with E-state index >= 15 is 0 Å². The minimum Gasteiger partial charge on any atom is -0.338 e.